The summed E-state index contributed by atoms with van der Waals surface area (Å²) in [6.07, 6.45) is 4.59. The van der Waals surface area contributed by atoms with E-state index in [4.69, 9.17) is 5.11 Å². The number of carbonyl (C=O) groups excluding carboxylic acids is 1. The molecule has 6 nitrogen and oxygen atoms in total. The van der Waals surface area contributed by atoms with E-state index in [0.29, 0.717) is 0 Å². The monoisotopic (exact) mass is 210 g/mol. The first-order valence-electron chi connectivity index (χ1n) is 4.94. The molecule has 1 heterocycles. The molecule has 2 rings (SSSR count). The van der Waals surface area contributed by atoms with Crippen LogP contribution in [0.1, 0.15) is 25.8 Å². The van der Waals surface area contributed by atoms with E-state index in [2.05, 4.69) is 15.4 Å². The van der Waals surface area contributed by atoms with E-state index in [1.54, 1.807) is 6.92 Å². The smallest absolute Gasteiger partial charge is 0.245 e. The third-order valence-electron chi connectivity index (χ3n) is 2.76. The van der Waals surface area contributed by atoms with Crippen molar-refractivity contribution in [3.05, 3.63) is 12.7 Å². The molecule has 1 atom stereocenters. The van der Waals surface area contributed by atoms with Gasteiger partial charge in [0.15, 0.2) is 0 Å². The lowest BCUT2D eigenvalue weighted by atomic mass is 10.2. The number of aliphatic hydroxyl groups excluding tert-OH is 1. The molecule has 15 heavy (non-hydrogen) atoms. The van der Waals surface area contributed by atoms with Gasteiger partial charge >= 0.3 is 0 Å². The molecule has 1 fully saturated rings. The van der Waals surface area contributed by atoms with E-state index in [0.717, 1.165) is 12.8 Å². The maximum absolute atomic E-state index is 11.7. The quantitative estimate of drug-likeness (QED) is 0.700. The van der Waals surface area contributed by atoms with Gasteiger partial charge < -0.3 is 10.4 Å². The fraction of sp³-hybridized carbons (Fsp3) is 0.667. The number of hydrogen-bond donors (Lipinski definition) is 2. The Morgan fingerprint density at radius 3 is 2.93 bits per heavy atom. The van der Waals surface area contributed by atoms with Crippen LogP contribution in [0.25, 0.3) is 0 Å². The predicted molar refractivity (Wildman–Crippen MR) is 51.9 cm³/mol. The Labute approximate surface area is 87.3 Å². The zero-order valence-electron chi connectivity index (χ0n) is 8.55. The van der Waals surface area contributed by atoms with Gasteiger partial charge in [0.1, 0.15) is 18.7 Å². The molecule has 0 aliphatic heterocycles. The van der Waals surface area contributed by atoms with Crippen LogP contribution in [0, 0.1) is 0 Å². The first-order chi connectivity index (χ1) is 7.17. The first kappa shape index (κ1) is 10.1. The minimum atomic E-state index is -0.392. The largest absolute Gasteiger partial charge is 0.394 e. The van der Waals surface area contributed by atoms with Crippen LogP contribution in [0.15, 0.2) is 12.7 Å². The molecule has 1 amide bonds. The van der Waals surface area contributed by atoms with Gasteiger partial charge in [-0.15, -0.1) is 0 Å². The Morgan fingerprint density at radius 2 is 2.47 bits per heavy atom. The highest BCUT2D eigenvalue weighted by atomic mass is 16.3. The second-order valence-corrected chi connectivity index (χ2v) is 3.98. The number of nitrogens with zero attached hydrogens (tertiary/aromatic N) is 3. The molecule has 82 valence electrons. The lowest BCUT2D eigenvalue weighted by molar-refractivity contribution is -0.125. The molecule has 1 saturated carbocycles. The minimum Gasteiger partial charge on any atom is -0.394 e. The van der Waals surface area contributed by atoms with Crippen LogP contribution in [-0.2, 0) is 4.79 Å². The molecule has 1 aliphatic carbocycles. The molecule has 1 aromatic heterocycles. The van der Waals surface area contributed by atoms with Gasteiger partial charge in [0.2, 0.25) is 5.91 Å². The molecule has 1 unspecified atom stereocenters. The van der Waals surface area contributed by atoms with Crippen LogP contribution in [0.2, 0.25) is 0 Å². The lowest BCUT2D eigenvalue weighted by Crippen LogP contribution is -2.42. The van der Waals surface area contributed by atoms with Crippen molar-refractivity contribution >= 4 is 5.91 Å². The normalized spacial score (nSPS) is 19.6. The first-order valence-corrected chi connectivity index (χ1v) is 4.94. The number of aromatic nitrogens is 3. The van der Waals surface area contributed by atoms with Crippen LogP contribution < -0.4 is 5.32 Å². The van der Waals surface area contributed by atoms with Crippen LogP contribution in [-0.4, -0.2) is 37.9 Å². The van der Waals surface area contributed by atoms with Crippen LogP contribution in [0.3, 0.4) is 0 Å². The van der Waals surface area contributed by atoms with E-state index in [1.165, 1.54) is 17.3 Å². The van der Waals surface area contributed by atoms with Crippen molar-refractivity contribution < 1.29 is 9.90 Å². The summed E-state index contributed by atoms with van der Waals surface area (Å²) in [6, 6.07) is -0.392. The lowest BCUT2D eigenvalue weighted by Gasteiger charge is -2.18. The zero-order chi connectivity index (χ0) is 10.9. The Bertz CT molecular complexity index is 345. The SMILES string of the molecule is CC(C(=O)NC1(CO)CC1)n1cncn1. The maximum Gasteiger partial charge on any atom is 0.245 e. The van der Waals surface area contributed by atoms with Crippen LogP contribution >= 0.6 is 0 Å². The maximum atomic E-state index is 11.7. The Balaban J connectivity index is 1.97. The fourth-order valence-corrected chi connectivity index (χ4v) is 1.38. The number of aliphatic hydroxyl groups is 1. The van der Waals surface area contributed by atoms with Crippen molar-refractivity contribution in [1.82, 2.24) is 20.1 Å². The topological polar surface area (TPSA) is 80.0 Å². The summed E-state index contributed by atoms with van der Waals surface area (Å²) in [5, 5.41) is 15.8. The van der Waals surface area contributed by atoms with Crippen molar-refractivity contribution in [3.63, 3.8) is 0 Å². The summed E-state index contributed by atoms with van der Waals surface area (Å²) in [5.41, 5.74) is -0.369. The molecule has 0 saturated heterocycles. The molecule has 6 heteroatoms. The summed E-state index contributed by atoms with van der Waals surface area (Å²) in [6.45, 7) is 1.75. The highest BCUT2D eigenvalue weighted by Gasteiger charge is 2.44. The standard InChI is InChI=1S/C9H14N4O2/c1-7(13-6-10-5-11-13)8(15)12-9(4-14)2-3-9/h5-7,14H,2-4H2,1H3,(H,12,15). The van der Waals surface area contributed by atoms with Crippen LogP contribution in [0.5, 0.6) is 0 Å². The van der Waals surface area contributed by atoms with E-state index < -0.39 is 6.04 Å². The predicted octanol–water partition coefficient (Wildman–Crippen LogP) is -0.520. The van der Waals surface area contributed by atoms with Crippen molar-refractivity contribution in [1.29, 1.82) is 0 Å². The Morgan fingerprint density at radius 1 is 1.73 bits per heavy atom. The van der Waals surface area contributed by atoms with Gasteiger partial charge in [-0.1, -0.05) is 0 Å². The van der Waals surface area contributed by atoms with Gasteiger partial charge in [0, 0.05) is 0 Å². The summed E-state index contributed by atoms with van der Waals surface area (Å²) in [4.78, 5) is 15.5. The fourth-order valence-electron chi connectivity index (χ4n) is 1.38. The average Bonchev–Trinajstić information content (AvgIpc) is 2.81. The van der Waals surface area contributed by atoms with Crippen LogP contribution in [0.4, 0.5) is 0 Å². The molecule has 0 radical (unpaired) electrons. The second-order valence-electron chi connectivity index (χ2n) is 3.98. The van der Waals surface area contributed by atoms with E-state index in [1.807, 2.05) is 0 Å². The third-order valence-corrected chi connectivity index (χ3v) is 2.76. The minimum absolute atomic E-state index is 0.00279. The average molecular weight is 210 g/mol. The molecule has 1 aliphatic rings. The van der Waals surface area contributed by atoms with Gasteiger partial charge in [0.05, 0.1) is 12.1 Å². The number of hydrogen-bond acceptors (Lipinski definition) is 4. The number of carbonyl (C=O) groups is 1. The number of rotatable bonds is 4. The van der Waals surface area contributed by atoms with Gasteiger partial charge in [-0.3, -0.25) is 4.79 Å². The van der Waals surface area contributed by atoms with Crippen molar-refractivity contribution in [2.45, 2.75) is 31.3 Å². The Hall–Kier alpha value is -1.43. The number of amides is 1. The highest BCUT2D eigenvalue weighted by molar-refractivity contribution is 5.80. The second kappa shape index (κ2) is 3.62. The molecule has 0 aromatic carbocycles. The van der Waals surface area contributed by atoms with E-state index in [-0.39, 0.29) is 18.1 Å². The summed E-state index contributed by atoms with van der Waals surface area (Å²) in [5.74, 6) is -0.132. The van der Waals surface area contributed by atoms with Gasteiger partial charge in [-0.25, -0.2) is 9.67 Å². The summed E-state index contributed by atoms with van der Waals surface area (Å²) >= 11 is 0. The molecule has 2 N–H and O–H groups in total. The van der Waals surface area contributed by atoms with Crippen molar-refractivity contribution in [2.75, 3.05) is 6.61 Å². The molecule has 0 bridgehead atoms. The summed E-state index contributed by atoms with van der Waals surface area (Å²) < 4.78 is 1.49. The van der Waals surface area contributed by atoms with E-state index >= 15 is 0 Å². The molecular weight excluding hydrogens is 196 g/mol. The summed E-state index contributed by atoms with van der Waals surface area (Å²) in [7, 11) is 0. The molecule has 0 spiro atoms. The van der Waals surface area contributed by atoms with Gasteiger partial charge in [-0.2, -0.15) is 5.10 Å². The molecule has 1 aromatic rings. The molecular formula is C9H14N4O2. The highest BCUT2D eigenvalue weighted by Crippen LogP contribution is 2.34. The van der Waals surface area contributed by atoms with Crippen molar-refractivity contribution in [2.24, 2.45) is 0 Å². The van der Waals surface area contributed by atoms with Gasteiger partial charge in [0.25, 0.3) is 0 Å². The number of nitrogens with one attached hydrogen (secondary N) is 1. The third kappa shape index (κ3) is 1.99. The Kier molecular flexibility index (Phi) is 2.44. The van der Waals surface area contributed by atoms with E-state index in [9.17, 15) is 4.79 Å². The van der Waals surface area contributed by atoms with Crippen molar-refractivity contribution in [3.8, 4) is 0 Å². The zero-order valence-corrected chi connectivity index (χ0v) is 8.55. The van der Waals surface area contributed by atoms with Gasteiger partial charge in [-0.05, 0) is 19.8 Å².